The molecule has 0 amide bonds. The highest BCUT2D eigenvalue weighted by Crippen LogP contribution is 2.57. The normalized spacial score (nSPS) is 12.5. The number of hydrogen-bond acceptors (Lipinski definition) is 1. The quantitative estimate of drug-likeness (QED) is 0.148. The van der Waals surface area contributed by atoms with Crippen molar-refractivity contribution < 1.29 is 0 Å². The molecule has 0 aromatic heterocycles. The van der Waals surface area contributed by atoms with E-state index in [2.05, 4.69) is 266 Å². The molecule has 0 fully saturated rings. The largest absolute Gasteiger partial charge is 0.310 e. The molecule has 12 rings (SSSR count). The summed E-state index contributed by atoms with van der Waals surface area (Å²) in [6, 6.07) is 95.8. The maximum atomic E-state index is 2.46. The van der Waals surface area contributed by atoms with Crippen molar-refractivity contribution in [3.8, 4) is 44.5 Å². The summed E-state index contributed by atoms with van der Waals surface area (Å²) in [7, 11) is 0. The summed E-state index contributed by atoms with van der Waals surface area (Å²) < 4.78 is 0. The summed E-state index contributed by atoms with van der Waals surface area (Å²) in [5.41, 5.74) is 17.7. The van der Waals surface area contributed by atoms with Crippen LogP contribution in [0.25, 0.3) is 66.1 Å². The second kappa shape index (κ2) is 15.6. The lowest BCUT2D eigenvalue weighted by Gasteiger charge is -2.35. The van der Waals surface area contributed by atoms with Crippen LogP contribution in [0.2, 0.25) is 0 Å². The van der Waals surface area contributed by atoms with Crippen LogP contribution in [0.3, 0.4) is 0 Å². The molecule has 0 saturated carbocycles. The van der Waals surface area contributed by atoms with Gasteiger partial charge in [0.05, 0.1) is 5.41 Å². The molecule has 64 heavy (non-hydrogen) atoms. The summed E-state index contributed by atoms with van der Waals surface area (Å²) >= 11 is 0. The van der Waals surface area contributed by atoms with Crippen molar-refractivity contribution in [2.75, 3.05) is 4.90 Å². The third-order valence-corrected chi connectivity index (χ3v) is 13.4. The third-order valence-electron chi connectivity index (χ3n) is 13.4. The molecule has 300 valence electrons. The Morgan fingerprint density at radius 2 is 0.656 bits per heavy atom. The van der Waals surface area contributed by atoms with Crippen molar-refractivity contribution in [3.05, 3.63) is 283 Å². The van der Waals surface area contributed by atoms with Crippen LogP contribution in [-0.2, 0) is 5.41 Å². The second-order valence-electron chi connectivity index (χ2n) is 16.8. The van der Waals surface area contributed by atoms with Gasteiger partial charge in [0.2, 0.25) is 0 Å². The number of rotatable bonds is 8. The van der Waals surface area contributed by atoms with Gasteiger partial charge in [0.15, 0.2) is 0 Å². The van der Waals surface area contributed by atoms with Crippen molar-refractivity contribution in [2.24, 2.45) is 0 Å². The maximum Gasteiger partial charge on any atom is 0.0714 e. The second-order valence-corrected chi connectivity index (χ2v) is 16.8. The lowest BCUT2D eigenvalue weighted by Crippen LogP contribution is -2.28. The Kier molecular flexibility index (Phi) is 9.13. The van der Waals surface area contributed by atoms with E-state index in [9.17, 15) is 0 Å². The topological polar surface area (TPSA) is 3.24 Å². The molecular formula is C63H43N. The highest BCUT2D eigenvalue weighted by Gasteiger charge is 2.46. The van der Waals surface area contributed by atoms with Gasteiger partial charge in [0, 0.05) is 17.1 Å². The van der Waals surface area contributed by atoms with Crippen molar-refractivity contribution in [2.45, 2.75) is 5.41 Å². The molecule has 0 saturated heterocycles. The molecule has 0 spiro atoms. The van der Waals surface area contributed by atoms with Gasteiger partial charge in [0.25, 0.3) is 0 Å². The Morgan fingerprint density at radius 3 is 1.27 bits per heavy atom. The van der Waals surface area contributed by atoms with E-state index < -0.39 is 5.41 Å². The summed E-state index contributed by atoms with van der Waals surface area (Å²) in [6.07, 6.45) is 0. The smallest absolute Gasteiger partial charge is 0.0714 e. The molecule has 1 heteroatoms. The van der Waals surface area contributed by atoms with Crippen LogP contribution in [-0.4, -0.2) is 0 Å². The molecular weight excluding hydrogens is 771 g/mol. The van der Waals surface area contributed by atoms with E-state index in [-0.39, 0.29) is 0 Å². The third kappa shape index (κ3) is 6.08. The molecule has 0 bridgehead atoms. The Bertz CT molecular complexity index is 3420. The van der Waals surface area contributed by atoms with Crippen LogP contribution in [0, 0.1) is 0 Å². The molecule has 0 aliphatic heterocycles. The van der Waals surface area contributed by atoms with E-state index in [0.29, 0.717) is 0 Å². The van der Waals surface area contributed by atoms with Gasteiger partial charge < -0.3 is 4.90 Å². The number of benzene rings is 11. The Balaban J connectivity index is 1.03. The molecule has 11 aromatic carbocycles. The minimum absolute atomic E-state index is 0.509. The lowest BCUT2D eigenvalue weighted by atomic mass is 9.67. The standard InChI is InChI=1S/C63H43N/c1-4-17-44(18-5-1)55-28-15-31-58-56(29-16-30-57(55)58)47-35-39-51(40-36-47)64(50-37-33-46(34-38-50)54-27-14-20-45-19-10-11-25-53(45)54)52-41-42-60-59-26-12-13-32-61(59)63(62(60)43-52,48-21-6-2-7-22-48)49-23-8-3-9-24-49/h1-43H. The van der Waals surface area contributed by atoms with Gasteiger partial charge in [-0.05, 0) is 125 Å². The van der Waals surface area contributed by atoms with Gasteiger partial charge in [-0.3, -0.25) is 0 Å². The van der Waals surface area contributed by atoms with E-state index in [1.165, 1.54) is 88.3 Å². The van der Waals surface area contributed by atoms with Crippen molar-refractivity contribution in [1.29, 1.82) is 0 Å². The average molecular weight is 814 g/mol. The molecule has 1 aliphatic rings. The van der Waals surface area contributed by atoms with Gasteiger partial charge >= 0.3 is 0 Å². The van der Waals surface area contributed by atoms with E-state index in [0.717, 1.165) is 17.1 Å². The zero-order valence-corrected chi connectivity index (χ0v) is 35.3. The summed E-state index contributed by atoms with van der Waals surface area (Å²) in [4.78, 5) is 2.43. The van der Waals surface area contributed by atoms with Gasteiger partial charge in [-0.2, -0.15) is 0 Å². The Hall–Kier alpha value is -8.26. The fourth-order valence-corrected chi connectivity index (χ4v) is 10.5. The predicted molar refractivity (Wildman–Crippen MR) is 270 cm³/mol. The molecule has 11 aromatic rings. The molecule has 0 radical (unpaired) electrons. The van der Waals surface area contributed by atoms with Crippen LogP contribution in [0.5, 0.6) is 0 Å². The molecule has 0 N–H and O–H groups in total. The minimum Gasteiger partial charge on any atom is -0.310 e. The molecule has 0 unspecified atom stereocenters. The first kappa shape index (κ1) is 37.5. The van der Waals surface area contributed by atoms with Crippen molar-refractivity contribution in [3.63, 3.8) is 0 Å². The maximum absolute atomic E-state index is 2.46. The number of hydrogen-bond donors (Lipinski definition) is 0. The van der Waals surface area contributed by atoms with Crippen LogP contribution in [0.15, 0.2) is 261 Å². The Morgan fingerprint density at radius 1 is 0.250 bits per heavy atom. The monoisotopic (exact) mass is 813 g/mol. The van der Waals surface area contributed by atoms with Crippen LogP contribution in [0.1, 0.15) is 22.3 Å². The molecule has 1 nitrogen and oxygen atoms in total. The molecule has 0 heterocycles. The average Bonchev–Trinajstić information content (AvgIpc) is 3.67. The van der Waals surface area contributed by atoms with Gasteiger partial charge in [-0.25, -0.2) is 0 Å². The zero-order valence-electron chi connectivity index (χ0n) is 35.3. The Labute approximate surface area is 374 Å². The van der Waals surface area contributed by atoms with E-state index in [1.54, 1.807) is 0 Å². The zero-order chi connectivity index (χ0) is 42.5. The first-order chi connectivity index (χ1) is 31.8. The van der Waals surface area contributed by atoms with Crippen molar-refractivity contribution >= 4 is 38.6 Å². The molecule has 0 atom stereocenters. The van der Waals surface area contributed by atoms with Crippen LogP contribution >= 0.6 is 0 Å². The number of fused-ring (bicyclic) bond motifs is 5. The first-order valence-electron chi connectivity index (χ1n) is 22.2. The number of nitrogens with zero attached hydrogens (tertiary/aromatic N) is 1. The van der Waals surface area contributed by atoms with Gasteiger partial charge in [0.1, 0.15) is 0 Å². The first-order valence-corrected chi connectivity index (χ1v) is 22.2. The summed E-state index contributed by atoms with van der Waals surface area (Å²) in [5.74, 6) is 0. The van der Waals surface area contributed by atoms with Gasteiger partial charge in [-0.1, -0.05) is 224 Å². The number of anilines is 3. The fraction of sp³-hybridized carbons (Fsp3) is 0.0159. The highest BCUT2D eigenvalue weighted by atomic mass is 15.1. The van der Waals surface area contributed by atoms with Crippen LogP contribution < -0.4 is 4.90 Å². The highest BCUT2D eigenvalue weighted by molar-refractivity contribution is 6.05. The minimum atomic E-state index is -0.509. The summed E-state index contributed by atoms with van der Waals surface area (Å²) in [5, 5.41) is 5.00. The lowest BCUT2D eigenvalue weighted by molar-refractivity contribution is 0.768. The van der Waals surface area contributed by atoms with E-state index in [4.69, 9.17) is 0 Å². The van der Waals surface area contributed by atoms with Crippen molar-refractivity contribution in [1.82, 2.24) is 0 Å². The van der Waals surface area contributed by atoms with E-state index in [1.807, 2.05) is 0 Å². The van der Waals surface area contributed by atoms with Gasteiger partial charge in [-0.15, -0.1) is 0 Å². The van der Waals surface area contributed by atoms with E-state index >= 15 is 0 Å². The molecule has 1 aliphatic carbocycles. The fourth-order valence-electron chi connectivity index (χ4n) is 10.5. The van der Waals surface area contributed by atoms with Crippen LogP contribution in [0.4, 0.5) is 17.1 Å². The predicted octanol–water partition coefficient (Wildman–Crippen LogP) is 16.8. The SMILES string of the molecule is c1ccc(-c2cccc3c(-c4ccc(N(c5ccc(-c6cccc7ccccc67)cc5)c5ccc6c(c5)C(c5ccccc5)(c5ccccc5)c5ccccc5-6)cc4)cccc23)cc1. The summed E-state index contributed by atoms with van der Waals surface area (Å²) in [6.45, 7) is 0.